The van der Waals surface area contributed by atoms with Crippen LogP contribution < -0.4 is 4.72 Å². The van der Waals surface area contributed by atoms with Crippen molar-refractivity contribution in [3.63, 3.8) is 0 Å². The maximum Gasteiger partial charge on any atom is 0.242 e. The maximum absolute atomic E-state index is 12.0. The van der Waals surface area contributed by atoms with Gasteiger partial charge in [-0.3, -0.25) is 0 Å². The third-order valence-electron chi connectivity index (χ3n) is 2.43. The SMILES string of the molecule is CCC(C)(C)NS(=O)(=O)c1ccsc1CO. The van der Waals surface area contributed by atoms with Gasteiger partial charge in [-0.2, -0.15) is 0 Å². The first-order valence-electron chi connectivity index (χ1n) is 5.03. The summed E-state index contributed by atoms with van der Waals surface area (Å²) in [6, 6.07) is 1.52. The molecule has 0 unspecified atom stereocenters. The Labute approximate surface area is 100 Å². The minimum Gasteiger partial charge on any atom is -0.391 e. The lowest BCUT2D eigenvalue weighted by molar-refractivity contribution is 0.282. The summed E-state index contributed by atoms with van der Waals surface area (Å²) in [7, 11) is -3.53. The van der Waals surface area contributed by atoms with Crippen LogP contribution in [0.5, 0.6) is 0 Å². The minimum absolute atomic E-state index is 0.182. The van der Waals surface area contributed by atoms with E-state index in [0.717, 1.165) is 0 Å². The average molecular weight is 263 g/mol. The van der Waals surface area contributed by atoms with Gasteiger partial charge in [0, 0.05) is 10.4 Å². The number of aliphatic hydroxyl groups is 1. The molecule has 0 atom stereocenters. The third kappa shape index (κ3) is 3.04. The molecule has 0 fully saturated rings. The molecule has 6 heteroatoms. The van der Waals surface area contributed by atoms with Crippen LogP contribution in [-0.4, -0.2) is 19.1 Å². The summed E-state index contributed by atoms with van der Waals surface area (Å²) in [4.78, 5) is 0.654. The van der Waals surface area contributed by atoms with Crippen LogP contribution in [0.1, 0.15) is 32.1 Å². The predicted molar refractivity (Wildman–Crippen MR) is 64.9 cm³/mol. The molecule has 0 radical (unpaired) electrons. The van der Waals surface area contributed by atoms with Crippen molar-refractivity contribution in [3.05, 3.63) is 16.3 Å². The first-order chi connectivity index (χ1) is 7.32. The van der Waals surface area contributed by atoms with E-state index >= 15 is 0 Å². The van der Waals surface area contributed by atoms with Crippen molar-refractivity contribution in [1.29, 1.82) is 0 Å². The molecule has 2 N–H and O–H groups in total. The monoisotopic (exact) mass is 263 g/mol. The Morgan fingerprint density at radius 3 is 2.62 bits per heavy atom. The molecule has 92 valence electrons. The van der Waals surface area contributed by atoms with Crippen molar-refractivity contribution in [2.75, 3.05) is 0 Å². The molecule has 1 rings (SSSR count). The highest BCUT2D eigenvalue weighted by atomic mass is 32.2. The lowest BCUT2D eigenvalue weighted by atomic mass is 10.0. The first-order valence-corrected chi connectivity index (χ1v) is 7.40. The number of sulfonamides is 1. The van der Waals surface area contributed by atoms with E-state index in [9.17, 15) is 8.42 Å². The van der Waals surface area contributed by atoms with Gasteiger partial charge in [0.1, 0.15) is 0 Å². The minimum atomic E-state index is -3.53. The Bertz CT molecular complexity index is 448. The van der Waals surface area contributed by atoms with Gasteiger partial charge in [0.25, 0.3) is 0 Å². The Balaban J connectivity index is 3.04. The molecule has 1 aromatic heterocycles. The summed E-state index contributed by atoms with van der Waals surface area (Å²) in [5.74, 6) is 0. The number of hydrogen-bond donors (Lipinski definition) is 2. The molecule has 1 aromatic rings. The second kappa shape index (κ2) is 4.83. The van der Waals surface area contributed by atoms with Gasteiger partial charge in [0.05, 0.1) is 11.5 Å². The van der Waals surface area contributed by atoms with Gasteiger partial charge in [0.2, 0.25) is 10.0 Å². The van der Waals surface area contributed by atoms with Gasteiger partial charge in [-0.25, -0.2) is 13.1 Å². The number of nitrogens with one attached hydrogen (secondary N) is 1. The lowest BCUT2D eigenvalue weighted by Crippen LogP contribution is -2.42. The van der Waals surface area contributed by atoms with Crippen LogP contribution in [-0.2, 0) is 16.6 Å². The maximum atomic E-state index is 12.0. The molecule has 4 nitrogen and oxygen atoms in total. The fraction of sp³-hybridized carbons (Fsp3) is 0.600. The van der Waals surface area contributed by atoms with E-state index in [1.165, 1.54) is 17.4 Å². The topological polar surface area (TPSA) is 66.4 Å². The average Bonchev–Trinajstić information content (AvgIpc) is 2.64. The van der Waals surface area contributed by atoms with E-state index in [2.05, 4.69) is 4.72 Å². The zero-order chi connectivity index (χ0) is 12.4. The molecule has 0 saturated heterocycles. The summed E-state index contributed by atoms with van der Waals surface area (Å²) in [6.45, 7) is 5.33. The van der Waals surface area contributed by atoms with E-state index in [-0.39, 0.29) is 11.5 Å². The molecule has 0 saturated carbocycles. The Morgan fingerprint density at radius 1 is 1.50 bits per heavy atom. The van der Waals surface area contributed by atoms with Crippen LogP contribution in [0.3, 0.4) is 0 Å². The second-order valence-corrected chi connectivity index (χ2v) is 6.86. The second-order valence-electron chi connectivity index (χ2n) is 4.21. The van der Waals surface area contributed by atoms with Crippen molar-refractivity contribution in [1.82, 2.24) is 4.72 Å². The fourth-order valence-corrected chi connectivity index (χ4v) is 3.95. The van der Waals surface area contributed by atoms with Crippen molar-refractivity contribution in [2.24, 2.45) is 0 Å². The van der Waals surface area contributed by atoms with Crippen LogP contribution in [0.2, 0.25) is 0 Å². The van der Waals surface area contributed by atoms with Crippen LogP contribution in [0.15, 0.2) is 16.3 Å². The Morgan fingerprint density at radius 2 is 2.12 bits per heavy atom. The molecule has 0 spiro atoms. The third-order valence-corrected chi connectivity index (χ3v) is 5.25. The largest absolute Gasteiger partial charge is 0.391 e. The van der Waals surface area contributed by atoms with E-state index < -0.39 is 15.6 Å². The molecular formula is C10H17NO3S2. The molecule has 0 aromatic carbocycles. The van der Waals surface area contributed by atoms with Crippen LogP contribution in [0.25, 0.3) is 0 Å². The standard InChI is InChI=1S/C10H17NO3S2/c1-4-10(2,3)11-16(13,14)9-5-6-15-8(9)7-12/h5-6,11-12H,4,7H2,1-3H3. The van der Waals surface area contributed by atoms with Crippen molar-refractivity contribution in [3.8, 4) is 0 Å². The van der Waals surface area contributed by atoms with Gasteiger partial charge in [-0.05, 0) is 31.7 Å². The molecule has 0 aliphatic rings. The molecular weight excluding hydrogens is 246 g/mol. The molecule has 0 aliphatic heterocycles. The van der Waals surface area contributed by atoms with Crippen LogP contribution >= 0.6 is 11.3 Å². The first kappa shape index (κ1) is 13.6. The molecule has 0 aliphatic carbocycles. The van der Waals surface area contributed by atoms with E-state index in [0.29, 0.717) is 11.3 Å². The summed E-state index contributed by atoms with van der Waals surface area (Å²) in [6.07, 6.45) is 0.699. The van der Waals surface area contributed by atoms with Gasteiger partial charge >= 0.3 is 0 Å². The van der Waals surface area contributed by atoms with Gasteiger partial charge in [-0.1, -0.05) is 6.92 Å². The number of rotatable bonds is 5. The molecule has 0 bridgehead atoms. The van der Waals surface area contributed by atoms with Crippen molar-refractivity contribution in [2.45, 2.75) is 44.2 Å². The highest BCUT2D eigenvalue weighted by Crippen LogP contribution is 2.23. The van der Waals surface area contributed by atoms with Crippen molar-refractivity contribution < 1.29 is 13.5 Å². The molecule has 0 amide bonds. The summed E-state index contributed by atoms with van der Waals surface area (Å²) in [5.41, 5.74) is -0.479. The van der Waals surface area contributed by atoms with Crippen LogP contribution in [0.4, 0.5) is 0 Å². The quantitative estimate of drug-likeness (QED) is 0.850. The highest BCUT2D eigenvalue weighted by molar-refractivity contribution is 7.89. The van der Waals surface area contributed by atoms with E-state index in [1.807, 2.05) is 20.8 Å². The Kier molecular flexibility index (Phi) is 4.12. The van der Waals surface area contributed by atoms with Crippen LogP contribution in [0, 0.1) is 0 Å². The lowest BCUT2D eigenvalue weighted by Gasteiger charge is -2.24. The van der Waals surface area contributed by atoms with E-state index in [1.54, 1.807) is 5.38 Å². The molecule has 1 heterocycles. The zero-order valence-corrected chi connectivity index (χ0v) is 11.3. The number of aliphatic hydroxyl groups excluding tert-OH is 1. The number of hydrogen-bond acceptors (Lipinski definition) is 4. The summed E-state index contributed by atoms with van der Waals surface area (Å²) < 4.78 is 26.7. The van der Waals surface area contributed by atoms with Gasteiger partial charge in [0.15, 0.2) is 0 Å². The normalized spacial score (nSPS) is 13.0. The summed E-state index contributed by atoms with van der Waals surface area (Å²) in [5, 5.41) is 10.7. The van der Waals surface area contributed by atoms with E-state index in [4.69, 9.17) is 5.11 Å². The van der Waals surface area contributed by atoms with Crippen molar-refractivity contribution >= 4 is 21.4 Å². The van der Waals surface area contributed by atoms with Gasteiger partial charge < -0.3 is 5.11 Å². The smallest absolute Gasteiger partial charge is 0.242 e. The summed E-state index contributed by atoms with van der Waals surface area (Å²) >= 11 is 1.24. The molecule has 16 heavy (non-hydrogen) atoms. The Hall–Kier alpha value is -0.430. The predicted octanol–water partition coefficient (Wildman–Crippen LogP) is 1.71. The zero-order valence-electron chi connectivity index (χ0n) is 9.65. The fourth-order valence-electron chi connectivity index (χ4n) is 1.17. The highest BCUT2D eigenvalue weighted by Gasteiger charge is 2.26. The van der Waals surface area contributed by atoms with Gasteiger partial charge in [-0.15, -0.1) is 11.3 Å². The number of thiophene rings is 1.